The summed E-state index contributed by atoms with van der Waals surface area (Å²) in [5, 5.41) is 0. The first-order chi connectivity index (χ1) is 5.70. The minimum Gasteiger partial charge on any atom is -0.302 e. The van der Waals surface area contributed by atoms with Gasteiger partial charge in [-0.1, -0.05) is 25.7 Å². The number of piperidine rings is 1. The van der Waals surface area contributed by atoms with Crippen molar-refractivity contribution >= 4 is 0 Å². The molecule has 1 nitrogen and oxygen atoms in total. The summed E-state index contributed by atoms with van der Waals surface area (Å²) in [6.45, 7) is 8.16. The molecule has 0 aromatic carbocycles. The number of hydrogen-bond donors (Lipinski definition) is 0. The van der Waals surface area contributed by atoms with Crippen molar-refractivity contribution < 1.29 is 0 Å². The maximum Gasteiger partial charge on any atom is 0.0465 e. The number of nitrogens with zero attached hydrogens (tertiary/aromatic N) is 1. The Labute approximate surface area is 75.1 Å². The van der Waals surface area contributed by atoms with E-state index in [-0.39, 0.29) is 0 Å². The highest BCUT2D eigenvalue weighted by atomic mass is 15.2. The Kier molecular flexibility index (Phi) is 1.88. The number of rotatable bonds is 0. The summed E-state index contributed by atoms with van der Waals surface area (Å²) in [5.74, 6) is 7.36. The van der Waals surface area contributed by atoms with E-state index in [4.69, 9.17) is 0 Å². The summed E-state index contributed by atoms with van der Waals surface area (Å²) in [4.78, 5) is 2.54. The highest BCUT2D eigenvalue weighted by Crippen LogP contribution is 2.39. The molecule has 2 bridgehead atoms. The van der Waals surface area contributed by atoms with Crippen molar-refractivity contribution in [2.75, 3.05) is 19.6 Å². The molecular weight excluding hydrogens is 146 g/mol. The quantitative estimate of drug-likeness (QED) is 0.492. The highest BCUT2D eigenvalue weighted by Gasteiger charge is 2.42. The molecule has 2 aliphatic rings. The Bertz CT molecular complexity index is 223. The molecule has 0 saturated carbocycles. The van der Waals surface area contributed by atoms with Gasteiger partial charge in [-0.15, -0.1) is 0 Å². The summed E-state index contributed by atoms with van der Waals surface area (Å²) in [6, 6.07) is 0. The van der Waals surface area contributed by atoms with Crippen molar-refractivity contribution in [3.05, 3.63) is 0 Å². The topological polar surface area (TPSA) is 3.24 Å². The fraction of sp³-hybridized carbons (Fsp3) is 0.818. The molecule has 2 rings (SSSR count). The lowest BCUT2D eigenvalue weighted by Crippen LogP contribution is -2.17. The van der Waals surface area contributed by atoms with Gasteiger partial charge in [0.2, 0.25) is 0 Å². The molecule has 2 aliphatic heterocycles. The van der Waals surface area contributed by atoms with Crippen LogP contribution < -0.4 is 0 Å². The Hall–Kier alpha value is -0.480. The second-order valence-corrected chi connectivity index (χ2v) is 4.48. The SMILES string of the molecule is CC(C)C#CC12CCN(CC1)C2. The summed E-state index contributed by atoms with van der Waals surface area (Å²) in [7, 11) is 0. The third-order valence-electron chi connectivity index (χ3n) is 2.97. The van der Waals surface area contributed by atoms with Crippen LogP contribution in [0.5, 0.6) is 0 Å². The van der Waals surface area contributed by atoms with Gasteiger partial charge in [-0.3, -0.25) is 0 Å². The molecule has 0 radical (unpaired) electrons. The fourth-order valence-corrected chi connectivity index (χ4v) is 2.19. The third-order valence-corrected chi connectivity index (χ3v) is 2.97. The van der Waals surface area contributed by atoms with Gasteiger partial charge in [0.1, 0.15) is 0 Å². The van der Waals surface area contributed by atoms with Crippen molar-refractivity contribution in [3.63, 3.8) is 0 Å². The van der Waals surface area contributed by atoms with Gasteiger partial charge in [-0.25, -0.2) is 0 Å². The molecule has 0 aromatic rings. The van der Waals surface area contributed by atoms with Crippen LogP contribution in [0.25, 0.3) is 0 Å². The number of fused-ring (bicyclic) bond motifs is 2. The van der Waals surface area contributed by atoms with Crippen LogP contribution in [-0.4, -0.2) is 24.5 Å². The molecule has 1 heteroatoms. The lowest BCUT2D eigenvalue weighted by atomic mass is 9.85. The molecule has 0 aromatic heterocycles. The van der Waals surface area contributed by atoms with E-state index >= 15 is 0 Å². The second-order valence-electron chi connectivity index (χ2n) is 4.48. The largest absolute Gasteiger partial charge is 0.302 e. The van der Waals surface area contributed by atoms with Crippen LogP contribution in [0.3, 0.4) is 0 Å². The molecule has 0 atom stereocenters. The van der Waals surface area contributed by atoms with Crippen LogP contribution in [0.2, 0.25) is 0 Å². The van der Waals surface area contributed by atoms with E-state index in [0.717, 1.165) is 0 Å². The minimum absolute atomic E-state index is 0.407. The normalized spacial score (nSPS) is 38.4. The van der Waals surface area contributed by atoms with Crippen LogP contribution in [-0.2, 0) is 0 Å². The standard InChI is InChI=1S/C11H17N/c1-10(2)3-4-11-5-7-12(9-11)8-6-11/h10H,5-9H2,1-2H3. The maximum absolute atomic E-state index is 3.49. The molecular formula is C11H17N. The van der Waals surface area contributed by atoms with Gasteiger partial charge < -0.3 is 4.90 Å². The Morgan fingerprint density at radius 2 is 1.92 bits per heavy atom. The van der Waals surface area contributed by atoms with Gasteiger partial charge >= 0.3 is 0 Å². The van der Waals surface area contributed by atoms with E-state index in [1.54, 1.807) is 0 Å². The summed E-state index contributed by atoms with van der Waals surface area (Å²) in [6.07, 6.45) is 2.62. The third kappa shape index (κ3) is 1.36. The van der Waals surface area contributed by atoms with Gasteiger partial charge in [0.25, 0.3) is 0 Å². The van der Waals surface area contributed by atoms with E-state index < -0.39 is 0 Å². The predicted molar refractivity (Wildman–Crippen MR) is 50.7 cm³/mol. The molecule has 0 N–H and O–H groups in total. The average Bonchev–Trinajstić information content (AvgIpc) is 2.60. The fourth-order valence-electron chi connectivity index (χ4n) is 2.19. The van der Waals surface area contributed by atoms with Crippen molar-refractivity contribution in [1.82, 2.24) is 4.90 Å². The Morgan fingerprint density at radius 3 is 2.33 bits per heavy atom. The molecule has 0 aliphatic carbocycles. The molecule has 2 saturated heterocycles. The van der Waals surface area contributed by atoms with E-state index in [1.165, 1.54) is 32.5 Å². The van der Waals surface area contributed by atoms with Crippen LogP contribution in [0, 0.1) is 23.2 Å². The smallest absolute Gasteiger partial charge is 0.0465 e. The van der Waals surface area contributed by atoms with Crippen LogP contribution in [0.4, 0.5) is 0 Å². The van der Waals surface area contributed by atoms with Crippen molar-refractivity contribution in [2.24, 2.45) is 11.3 Å². The lowest BCUT2D eigenvalue weighted by Gasteiger charge is -2.17. The van der Waals surface area contributed by atoms with Crippen LogP contribution in [0.15, 0.2) is 0 Å². The van der Waals surface area contributed by atoms with Gasteiger partial charge in [-0.2, -0.15) is 0 Å². The number of hydrogen-bond acceptors (Lipinski definition) is 1. The summed E-state index contributed by atoms with van der Waals surface area (Å²) in [5.41, 5.74) is 0.407. The molecule has 0 amide bonds. The summed E-state index contributed by atoms with van der Waals surface area (Å²) >= 11 is 0. The minimum atomic E-state index is 0.407. The molecule has 0 spiro atoms. The second kappa shape index (κ2) is 2.78. The van der Waals surface area contributed by atoms with Crippen molar-refractivity contribution in [1.29, 1.82) is 0 Å². The van der Waals surface area contributed by atoms with Crippen LogP contribution >= 0.6 is 0 Å². The highest BCUT2D eigenvalue weighted by molar-refractivity contribution is 5.19. The maximum atomic E-state index is 3.49. The Balaban J connectivity index is 2.08. The first-order valence-electron chi connectivity index (χ1n) is 4.95. The summed E-state index contributed by atoms with van der Waals surface area (Å²) < 4.78 is 0. The molecule has 12 heavy (non-hydrogen) atoms. The van der Waals surface area contributed by atoms with Crippen LogP contribution in [0.1, 0.15) is 26.7 Å². The van der Waals surface area contributed by atoms with E-state index in [1.807, 2.05) is 0 Å². The van der Waals surface area contributed by atoms with Gasteiger partial charge in [0, 0.05) is 17.9 Å². The predicted octanol–water partition coefficient (Wildman–Crippen LogP) is 1.74. The van der Waals surface area contributed by atoms with E-state index in [9.17, 15) is 0 Å². The van der Waals surface area contributed by atoms with Gasteiger partial charge in [0.15, 0.2) is 0 Å². The zero-order valence-electron chi connectivity index (χ0n) is 8.06. The molecule has 2 heterocycles. The van der Waals surface area contributed by atoms with Gasteiger partial charge in [-0.05, 0) is 25.9 Å². The lowest BCUT2D eigenvalue weighted by molar-refractivity contribution is 0.361. The zero-order chi connectivity index (χ0) is 8.60. The first-order valence-corrected chi connectivity index (χ1v) is 4.95. The van der Waals surface area contributed by atoms with E-state index in [0.29, 0.717) is 11.3 Å². The van der Waals surface area contributed by atoms with E-state index in [2.05, 4.69) is 30.6 Å². The molecule has 0 unspecified atom stereocenters. The van der Waals surface area contributed by atoms with Crippen molar-refractivity contribution in [3.8, 4) is 11.8 Å². The zero-order valence-corrected chi connectivity index (χ0v) is 8.06. The first kappa shape index (κ1) is 8.13. The van der Waals surface area contributed by atoms with Gasteiger partial charge in [0.05, 0.1) is 0 Å². The molecule has 2 fully saturated rings. The monoisotopic (exact) mass is 163 g/mol. The Morgan fingerprint density at radius 1 is 1.25 bits per heavy atom. The molecule has 66 valence electrons. The van der Waals surface area contributed by atoms with Crippen molar-refractivity contribution in [2.45, 2.75) is 26.7 Å². The average molecular weight is 163 g/mol.